The number of benzene rings is 2. The highest BCUT2D eigenvalue weighted by molar-refractivity contribution is 6.01. The molecule has 32 heavy (non-hydrogen) atoms. The molecular formula is C24H27F3N2O3. The molecule has 2 amide bonds. The van der Waals surface area contributed by atoms with Crippen molar-refractivity contribution in [2.24, 2.45) is 0 Å². The summed E-state index contributed by atoms with van der Waals surface area (Å²) in [6.45, 7) is 6.38. The average molecular weight is 448 g/mol. The number of hydrogen-bond acceptors (Lipinski definition) is 3. The van der Waals surface area contributed by atoms with E-state index in [1.807, 2.05) is 20.8 Å². The molecule has 0 unspecified atom stereocenters. The van der Waals surface area contributed by atoms with E-state index in [1.54, 1.807) is 29.2 Å². The molecule has 0 radical (unpaired) electrons. The molecule has 8 heteroatoms. The van der Waals surface area contributed by atoms with Crippen molar-refractivity contribution in [1.82, 2.24) is 10.2 Å². The number of rotatable bonds is 3. The standard InChI is InChI=1S/C24H27F3N2O3/c1-23(2,3)32-22(31)29-14-12-18(13-15-29)28-21(30)20-7-5-4-6-19(20)16-8-10-17(11-9-16)24(25,26)27/h4-11,18H,12-15H2,1-3H3,(H,28,30). The number of halogens is 3. The third kappa shape index (κ3) is 6.02. The summed E-state index contributed by atoms with van der Waals surface area (Å²) >= 11 is 0. The lowest BCUT2D eigenvalue weighted by molar-refractivity contribution is -0.137. The van der Waals surface area contributed by atoms with E-state index in [4.69, 9.17) is 4.74 Å². The van der Waals surface area contributed by atoms with E-state index in [2.05, 4.69) is 5.32 Å². The predicted octanol–water partition coefficient (Wildman–Crippen LogP) is 5.50. The molecule has 1 saturated heterocycles. The monoisotopic (exact) mass is 448 g/mol. The number of likely N-dealkylation sites (tertiary alicyclic amines) is 1. The van der Waals surface area contributed by atoms with E-state index in [1.165, 1.54) is 12.1 Å². The topological polar surface area (TPSA) is 58.6 Å². The van der Waals surface area contributed by atoms with Gasteiger partial charge in [0.2, 0.25) is 0 Å². The zero-order valence-electron chi connectivity index (χ0n) is 18.3. The van der Waals surface area contributed by atoms with Gasteiger partial charge in [-0.15, -0.1) is 0 Å². The van der Waals surface area contributed by atoms with Crippen LogP contribution in [0, 0.1) is 0 Å². The molecule has 0 aromatic heterocycles. The summed E-state index contributed by atoms with van der Waals surface area (Å²) in [7, 11) is 0. The molecular weight excluding hydrogens is 421 g/mol. The largest absolute Gasteiger partial charge is 0.444 e. The first-order valence-corrected chi connectivity index (χ1v) is 10.5. The molecule has 1 aliphatic rings. The van der Waals surface area contributed by atoms with Crippen LogP contribution < -0.4 is 5.32 Å². The molecule has 2 aromatic carbocycles. The fourth-order valence-electron chi connectivity index (χ4n) is 3.57. The Kier molecular flexibility index (Phi) is 6.81. The molecule has 5 nitrogen and oxygen atoms in total. The predicted molar refractivity (Wildman–Crippen MR) is 115 cm³/mol. The minimum atomic E-state index is -4.41. The second-order valence-corrected chi connectivity index (χ2v) is 8.84. The highest BCUT2D eigenvalue weighted by Gasteiger charge is 2.30. The average Bonchev–Trinajstić information content (AvgIpc) is 2.72. The summed E-state index contributed by atoms with van der Waals surface area (Å²) in [5, 5.41) is 2.99. The number of amides is 2. The number of nitrogens with zero attached hydrogens (tertiary/aromatic N) is 1. The van der Waals surface area contributed by atoms with E-state index >= 15 is 0 Å². The molecule has 0 spiro atoms. The lowest BCUT2D eigenvalue weighted by Gasteiger charge is -2.33. The summed E-state index contributed by atoms with van der Waals surface area (Å²) in [5.41, 5.74) is 0.180. The van der Waals surface area contributed by atoms with E-state index in [0.29, 0.717) is 42.6 Å². The van der Waals surface area contributed by atoms with Crippen molar-refractivity contribution in [3.63, 3.8) is 0 Å². The molecule has 172 valence electrons. The summed E-state index contributed by atoms with van der Waals surface area (Å²) in [5.74, 6) is -0.295. The van der Waals surface area contributed by atoms with E-state index < -0.39 is 17.3 Å². The number of alkyl halides is 3. The van der Waals surface area contributed by atoms with Crippen molar-refractivity contribution in [1.29, 1.82) is 0 Å². The lowest BCUT2D eigenvalue weighted by Crippen LogP contribution is -2.47. The highest BCUT2D eigenvalue weighted by Crippen LogP contribution is 2.32. The fraction of sp³-hybridized carbons (Fsp3) is 0.417. The van der Waals surface area contributed by atoms with Crippen LogP contribution in [0.5, 0.6) is 0 Å². The fourth-order valence-corrected chi connectivity index (χ4v) is 3.57. The third-order valence-electron chi connectivity index (χ3n) is 5.18. The number of carbonyl (C=O) groups is 2. The third-order valence-corrected chi connectivity index (χ3v) is 5.18. The number of ether oxygens (including phenoxy) is 1. The molecule has 0 aliphatic carbocycles. The number of hydrogen-bond donors (Lipinski definition) is 1. The Morgan fingerprint density at radius 3 is 2.12 bits per heavy atom. The molecule has 1 N–H and O–H groups in total. The van der Waals surface area contributed by atoms with Crippen LogP contribution in [-0.4, -0.2) is 41.6 Å². The van der Waals surface area contributed by atoms with Crippen LogP contribution >= 0.6 is 0 Å². The van der Waals surface area contributed by atoms with Crippen LogP contribution in [0.15, 0.2) is 48.5 Å². The Balaban J connectivity index is 1.65. The van der Waals surface area contributed by atoms with Gasteiger partial charge in [-0.05, 0) is 62.9 Å². The SMILES string of the molecule is CC(C)(C)OC(=O)N1CCC(NC(=O)c2ccccc2-c2ccc(C(F)(F)F)cc2)CC1. The zero-order chi connectivity index (χ0) is 23.5. The Morgan fingerprint density at radius 2 is 1.56 bits per heavy atom. The van der Waals surface area contributed by atoms with Gasteiger partial charge in [-0.25, -0.2) is 4.79 Å². The maximum absolute atomic E-state index is 12.9. The van der Waals surface area contributed by atoms with E-state index in [9.17, 15) is 22.8 Å². The lowest BCUT2D eigenvalue weighted by atomic mass is 9.97. The maximum Gasteiger partial charge on any atom is 0.416 e. The quantitative estimate of drug-likeness (QED) is 0.674. The van der Waals surface area contributed by atoms with Gasteiger partial charge in [-0.1, -0.05) is 30.3 Å². The van der Waals surface area contributed by atoms with Gasteiger partial charge in [-0.2, -0.15) is 13.2 Å². The Hall–Kier alpha value is -3.03. The van der Waals surface area contributed by atoms with Crippen LogP contribution in [0.25, 0.3) is 11.1 Å². The van der Waals surface area contributed by atoms with Gasteiger partial charge < -0.3 is 15.0 Å². The second kappa shape index (κ2) is 9.22. The maximum atomic E-state index is 12.9. The Labute approximate surface area is 185 Å². The minimum Gasteiger partial charge on any atom is -0.444 e. The van der Waals surface area contributed by atoms with Gasteiger partial charge in [0, 0.05) is 24.7 Å². The highest BCUT2D eigenvalue weighted by atomic mass is 19.4. The molecule has 0 bridgehead atoms. The van der Waals surface area contributed by atoms with Crippen molar-refractivity contribution >= 4 is 12.0 Å². The first-order chi connectivity index (χ1) is 14.9. The summed E-state index contributed by atoms with van der Waals surface area (Å²) in [4.78, 5) is 26.8. The van der Waals surface area contributed by atoms with Gasteiger partial charge in [0.05, 0.1) is 5.56 Å². The first kappa shape index (κ1) is 23.6. The number of piperidine rings is 1. The zero-order valence-corrected chi connectivity index (χ0v) is 18.3. The summed E-state index contributed by atoms with van der Waals surface area (Å²) < 4.78 is 43.9. The van der Waals surface area contributed by atoms with Crippen LogP contribution in [0.2, 0.25) is 0 Å². The Bertz CT molecular complexity index is 958. The van der Waals surface area contributed by atoms with Crippen molar-refractivity contribution in [2.45, 2.75) is 51.4 Å². The normalized spacial score (nSPS) is 15.4. The van der Waals surface area contributed by atoms with E-state index in [0.717, 1.165) is 12.1 Å². The van der Waals surface area contributed by atoms with Gasteiger partial charge >= 0.3 is 12.3 Å². The van der Waals surface area contributed by atoms with Crippen molar-refractivity contribution in [3.05, 3.63) is 59.7 Å². The molecule has 0 atom stereocenters. The summed E-state index contributed by atoms with van der Waals surface area (Å²) in [6, 6.07) is 11.5. The number of carbonyl (C=O) groups excluding carboxylic acids is 2. The smallest absolute Gasteiger partial charge is 0.416 e. The van der Waals surface area contributed by atoms with Gasteiger partial charge in [-0.3, -0.25) is 4.79 Å². The van der Waals surface area contributed by atoms with Crippen molar-refractivity contribution < 1.29 is 27.5 Å². The van der Waals surface area contributed by atoms with Crippen LogP contribution in [0.3, 0.4) is 0 Å². The van der Waals surface area contributed by atoms with Crippen LogP contribution in [0.4, 0.5) is 18.0 Å². The molecule has 1 heterocycles. The van der Waals surface area contributed by atoms with Gasteiger partial charge in [0.1, 0.15) is 5.60 Å². The van der Waals surface area contributed by atoms with Crippen LogP contribution in [0.1, 0.15) is 49.5 Å². The summed E-state index contributed by atoms with van der Waals surface area (Å²) in [6.07, 6.45) is -3.60. The molecule has 3 rings (SSSR count). The molecule has 0 saturated carbocycles. The van der Waals surface area contributed by atoms with Gasteiger partial charge in [0.25, 0.3) is 5.91 Å². The van der Waals surface area contributed by atoms with Gasteiger partial charge in [0.15, 0.2) is 0 Å². The molecule has 1 fully saturated rings. The molecule has 1 aliphatic heterocycles. The minimum absolute atomic E-state index is 0.109. The van der Waals surface area contributed by atoms with Crippen molar-refractivity contribution in [3.8, 4) is 11.1 Å². The Morgan fingerprint density at radius 1 is 0.969 bits per heavy atom. The number of nitrogens with one attached hydrogen (secondary N) is 1. The second-order valence-electron chi connectivity index (χ2n) is 8.84. The van der Waals surface area contributed by atoms with Crippen LogP contribution in [-0.2, 0) is 10.9 Å². The first-order valence-electron chi connectivity index (χ1n) is 10.5. The van der Waals surface area contributed by atoms with E-state index in [-0.39, 0.29) is 18.0 Å². The molecule has 2 aromatic rings. The van der Waals surface area contributed by atoms with Crippen molar-refractivity contribution in [2.75, 3.05) is 13.1 Å².